The highest BCUT2D eigenvalue weighted by Gasteiger charge is 2.02. The van der Waals surface area contributed by atoms with Gasteiger partial charge in [0.2, 0.25) is 0 Å². The molecule has 58 valence electrons. The van der Waals surface area contributed by atoms with Crippen molar-refractivity contribution >= 4 is 6.08 Å². The van der Waals surface area contributed by atoms with Crippen LogP contribution >= 0.6 is 0 Å². The van der Waals surface area contributed by atoms with Crippen molar-refractivity contribution in [3.63, 3.8) is 0 Å². The molecule has 0 saturated heterocycles. The van der Waals surface area contributed by atoms with Crippen molar-refractivity contribution in [1.82, 2.24) is 0 Å². The van der Waals surface area contributed by atoms with Crippen LogP contribution in [0.5, 0.6) is 11.5 Å². The van der Waals surface area contributed by atoms with Crippen LogP contribution in [-0.2, 0) is 0 Å². The Morgan fingerprint density at radius 2 is 2.00 bits per heavy atom. The smallest absolute Gasteiger partial charge is 0.160 e. The Morgan fingerprint density at radius 3 is 2.45 bits per heavy atom. The fourth-order valence-electron chi connectivity index (χ4n) is 0.906. The molecule has 0 aliphatic carbocycles. The molecule has 0 amide bonds. The molecule has 0 spiro atoms. The van der Waals surface area contributed by atoms with E-state index in [4.69, 9.17) is 10.2 Å². The van der Waals surface area contributed by atoms with Crippen LogP contribution in [0.1, 0.15) is 11.1 Å². The highest BCUT2D eigenvalue weighted by molar-refractivity contribution is 5.56. The fraction of sp³-hybridized carbons (Fsp3) is 0.111. The Balaban J connectivity index is 3.31. The average molecular weight is 150 g/mol. The summed E-state index contributed by atoms with van der Waals surface area (Å²) in [5, 5.41) is 18.3. The molecule has 0 aliphatic heterocycles. The van der Waals surface area contributed by atoms with Crippen LogP contribution in [0.4, 0.5) is 0 Å². The third-order valence-corrected chi connectivity index (χ3v) is 1.54. The highest BCUT2D eigenvalue weighted by Crippen LogP contribution is 2.29. The summed E-state index contributed by atoms with van der Waals surface area (Å²) in [7, 11) is 0. The number of rotatable bonds is 1. The summed E-state index contributed by atoms with van der Waals surface area (Å²) in [6.07, 6.45) is 1.62. The zero-order valence-corrected chi connectivity index (χ0v) is 6.33. The first-order valence-electron chi connectivity index (χ1n) is 3.30. The molecule has 0 fully saturated rings. The van der Waals surface area contributed by atoms with Crippen molar-refractivity contribution in [2.75, 3.05) is 0 Å². The van der Waals surface area contributed by atoms with E-state index < -0.39 is 0 Å². The van der Waals surface area contributed by atoms with Crippen LogP contribution in [0, 0.1) is 6.92 Å². The first-order valence-corrected chi connectivity index (χ1v) is 3.30. The van der Waals surface area contributed by atoms with Gasteiger partial charge in [0.25, 0.3) is 0 Å². The third kappa shape index (κ3) is 1.34. The van der Waals surface area contributed by atoms with Gasteiger partial charge < -0.3 is 10.2 Å². The number of aromatic hydroxyl groups is 2. The van der Waals surface area contributed by atoms with Crippen molar-refractivity contribution < 1.29 is 10.2 Å². The topological polar surface area (TPSA) is 40.5 Å². The molecule has 0 unspecified atom stereocenters. The molecule has 2 nitrogen and oxygen atoms in total. The zero-order valence-electron chi connectivity index (χ0n) is 6.33. The van der Waals surface area contributed by atoms with E-state index in [0.29, 0.717) is 5.56 Å². The molecule has 0 heterocycles. The summed E-state index contributed by atoms with van der Waals surface area (Å²) >= 11 is 0. The first-order chi connectivity index (χ1) is 5.15. The second-order valence-corrected chi connectivity index (χ2v) is 2.41. The van der Waals surface area contributed by atoms with Gasteiger partial charge in [0, 0.05) is 0 Å². The number of phenols is 2. The highest BCUT2D eigenvalue weighted by atomic mass is 16.3. The van der Waals surface area contributed by atoms with Crippen LogP contribution in [0.3, 0.4) is 0 Å². The lowest BCUT2D eigenvalue weighted by molar-refractivity contribution is 0.401. The predicted molar refractivity (Wildman–Crippen MR) is 44.6 cm³/mol. The van der Waals surface area contributed by atoms with E-state index in [0.717, 1.165) is 5.56 Å². The molecular weight excluding hydrogens is 140 g/mol. The molecule has 1 rings (SSSR count). The minimum absolute atomic E-state index is 0.0596. The van der Waals surface area contributed by atoms with Gasteiger partial charge in [-0.05, 0) is 30.2 Å². The van der Waals surface area contributed by atoms with Gasteiger partial charge in [-0.2, -0.15) is 0 Å². The van der Waals surface area contributed by atoms with Crippen molar-refractivity contribution in [1.29, 1.82) is 0 Å². The Bertz CT molecular complexity index is 267. The SMILES string of the molecule is C=Cc1cc(C)c(O)c(O)c1. The van der Waals surface area contributed by atoms with Gasteiger partial charge in [-0.25, -0.2) is 0 Å². The Labute approximate surface area is 65.4 Å². The standard InChI is InChI=1S/C9H10O2/c1-3-7-4-6(2)9(11)8(10)5-7/h3-5,10-11H,1H2,2H3. The second kappa shape index (κ2) is 2.66. The summed E-state index contributed by atoms with van der Waals surface area (Å²) in [5.41, 5.74) is 1.46. The maximum Gasteiger partial charge on any atom is 0.160 e. The number of hydrogen-bond acceptors (Lipinski definition) is 2. The Hall–Kier alpha value is -1.44. The maximum atomic E-state index is 9.14. The quantitative estimate of drug-likeness (QED) is 0.601. The van der Waals surface area contributed by atoms with Gasteiger partial charge in [-0.3, -0.25) is 0 Å². The molecular formula is C9H10O2. The van der Waals surface area contributed by atoms with E-state index in [9.17, 15) is 0 Å². The van der Waals surface area contributed by atoms with Crippen molar-refractivity contribution in [3.8, 4) is 11.5 Å². The van der Waals surface area contributed by atoms with Crippen LogP contribution < -0.4 is 0 Å². The molecule has 0 aromatic heterocycles. The number of aryl methyl sites for hydroxylation is 1. The zero-order chi connectivity index (χ0) is 8.43. The van der Waals surface area contributed by atoms with E-state index in [2.05, 4.69) is 6.58 Å². The van der Waals surface area contributed by atoms with Gasteiger partial charge >= 0.3 is 0 Å². The minimum Gasteiger partial charge on any atom is -0.504 e. The number of hydrogen-bond donors (Lipinski definition) is 2. The Kier molecular flexibility index (Phi) is 1.85. The monoisotopic (exact) mass is 150 g/mol. The van der Waals surface area contributed by atoms with Crippen LogP contribution in [0.25, 0.3) is 6.08 Å². The predicted octanol–water partition coefficient (Wildman–Crippen LogP) is 2.05. The van der Waals surface area contributed by atoms with Crippen molar-refractivity contribution in [3.05, 3.63) is 29.8 Å². The normalized spacial score (nSPS) is 9.55. The Morgan fingerprint density at radius 1 is 1.36 bits per heavy atom. The molecule has 2 heteroatoms. The van der Waals surface area contributed by atoms with Crippen molar-refractivity contribution in [2.24, 2.45) is 0 Å². The second-order valence-electron chi connectivity index (χ2n) is 2.41. The van der Waals surface area contributed by atoms with Gasteiger partial charge in [0.1, 0.15) is 0 Å². The summed E-state index contributed by atoms with van der Waals surface area (Å²) in [6, 6.07) is 3.22. The molecule has 0 saturated carbocycles. The lowest BCUT2D eigenvalue weighted by Gasteiger charge is -2.02. The molecule has 0 bridgehead atoms. The molecule has 2 N–H and O–H groups in total. The van der Waals surface area contributed by atoms with Gasteiger partial charge in [0.15, 0.2) is 11.5 Å². The summed E-state index contributed by atoms with van der Waals surface area (Å²) in [4.78, 5) is 0. The molecule has 0 atom stereocenters. The fourth-order valence-corrected chi connectivity index (χ4v) is 0.906. The van der Waals surface area contributed by atoms with Crippen LogP contribution in [0.15, 0.2) is 18.7 Å². The van der Waals surface area contributed by atoms with Crippen LogP contribution in [-0.4, -0.2) is 10.2 Å². The summed E-state index contributed by atoms with van der Waals surface area (Å²) in [5.74, 6) is -0.157. The lowest BCUT2D eigenvalue weighted by Crippen LogP contribution is -1.78. The first kappa shape index (κ1) is 7.66. The molecule has 1 aromatic rings. The largest absolute Gasteiger partial charge is 0.504 e. The van der Waals surface area contributed by atoms with Crippen molar-refractivity contribution in [2.45, 2.75) is 6.92 Å². The molecule has 11 heavy (non-hydrogen) atoms. The van der Waals surface area contributed by atoms with E-state index in [1.807, 2.05) is 0 Å². The summed E-state index contributed by atoms with van der Waals surface area (Å²) < 4.78 is 0. The van der Waals surface area contributed by atoms with E-state index in [1.165, 1.54) is 6.07 Å². The number of phenolic OH excluding ortho intramolecular Hbond substituents is 2. The third-order valence-electron chi connectivity index (χ3n) is 1.54. The van der Waals surface area contributed by atoms with Crippen LogP contribution in [0.2, 0.25) is 0 Å². The average Bonchev–Trinajstić information content (AvgIpc) is 1.99. The van der Waals surface area contributed by atoms with Gasteiger partial charge in [0.05, 0.1) is 0 Å². The molecule has 1 aromatic carbocycles. The molecule has 0 radical (unpaired) electrons. The van der Waals surface area contributed by atoms with E-state index >= 15 is 0 Å². The number of benzene rings is 1. The minimum atomic E-state index is -0.0973. The van der Waals surface area contributed by atoms with Gasteiger partial charge in [-0.1, -0.05) is 12.7 Å². The molecule has 0 aliphatic rings. The van der Waals surface area contributed by atoms with E-state index in [-0.39, 0.29) is 11.5 Å². The maximum absolute atomic E-state index is 9.14. The van der Waals surface area contributed by atoms with E-state index in [1.54, 1.807) is 19.1 Å². The van der Waals surface area contributed by atoms with Gasteiger partial charge in [-0.15, -0.1) is 0 Å². The summed E-state index contributed by atoms with van der Waals surface area (Å²) in [6.45, 7) is 5.27. The lowest BCUT2D eigenvalue weighted by atomic mass is 10.1.